The van der Waals surface area contributed by atoms with Crippen molar-refractivity contribution in [2.45, 2.75) is 25.9 Å². The maximum Gasteiger partial charge on any atom is 0.0768 e. The lowest BCUT2D eigenvalue weighted by atomic mass is 10.0. The number of halogens is 2. The molecule has 1 atom stereocenters. The molecule has 2 aromatic rings. The Labute approximate surface area is 130 Å². The van der Waals surface area contributed by atoms with Crippen molar-refractivity contribution in [3.63, 3.8) is 0 Å². The number of nitrogens with one attached hydrogen (secondary N) is 1. The minimum Gasteiger partial charge on any atom is -0.308 e. The number of nitrogens with zero attached hydrogens (tertiary/aromatic N) is 2. The molecule has 1 heterocycles. The first kappa shape index (κ1) is 14.8. The van der Waals surface area contributed by atoms with Crippen molar-refractivity contribution in [1.29, 1.82) is 0 Å². The largest absolute Gasteiger partial charge is 0.308 e. The average molecular weight is 387 g/mol. The summed E-state index contributed by atoms with van der Waals surface area (Å²) in [6.07, 6.45) is 1.86. The molecule has 0 spiro atoms. The minimum atomic E-state index is 0.0925. The Morgan fingerprint density at radius 2 is 1.84 bits per heavy atom. The number of aromatic nitrogens is 2. The highest BCUT2D eigenvalue weighted by Gasteiger charge is 2.23. The van der Waals surface area contributed by atoms with Gasteiger partial charge in [0.25, 0.3) is 0 Å². The monoisotopic (exact) mass is 385 g/mol. The first-order chi connectivity index (χ1) is 9.06. The summed E-state index contributed by atoms with van der Waals surface area (Å²) in [5.41, 5.74) is 2.34. The molecule has 1 N–H and O–H groups in total. The molecule has 0 aliphatic heterocycles. The van der Waals surface area contributed by atoms with Crippen molar-refractivity contribution < 1.29 is 0 Å². The SMILES string of the molecule is CNC(c1ccccc1Br)c1c(Br)cnn1C(C)C. The van der Waals surface area contributed by atoms with Gasteiger partial charge < -0.3 is 5.32 Å². The van der Waals surface area contributed by atoms with Crippen LogP contribution in [0.2, 0.25) is 0 Å². The van der Waals surface area contributed by atoms with Crippen LogP contribution in [0.25, 0.3) is 0 Å². The standard InChI is InChI=1S/C14H17Br2N3/c1-9(2)19-14(12(16)8-18-19)13(17-3)10-6-4-5-7-11(10)15/h4-9,13,17H,1-3H3. The molecule has 0 aliphatic rings. The van der Waals surface area contributed by atoms with Crippen molar-refractivity contribution in [2.75, 3.05) is 7.05 Å². The van der Waals surface area contributed by atoms with Crippen LogP contribution in [-0.4, -0.2) is 16.8 Å². The predicted molar refractivity (Wildman–Crippen MR) is 85.4 cm³/mol. The van der Waals surface area contributed by atoms with E-state index in [9.17, 15) is 0 Å². The molecule has 0 saturated carbocycles. The Morgan fingerprint density at radius 1 is 1.16 bits per heavy atom. The molecule has 19 heavy (non-hydrogen) atoms. The number of benzene rings is 1. The van der Waals surface area contributed by atoms with Crippen molar-refractivity contribution in [1.82, 2.24) is 15.1 Å². The molecular weight excluding hydrogens is 370 g/mol. The molecule has 0 amide bonds. The van der Waals surface area contributed by atoms with Crippen molar-refractivity contribution in [3.05, 3.63) is 50.7 Å². The highest BCUT2D eigenvalue weighted by molar-refractivity contribution is 9.10. The highest BCUT2D eigenvalue weighted by atomic mass is 79.9. The second-order valence-corrected chi connectivity index (χ2v) is 6.37. The number of rotatable bonds is 4. The van der Waals surface area contributed by atoms with E-state index in [4.69, 9.17) is 0 Å². The van der Waals surface area contributed by atoms with Gasteiger partial charge in [0.05, 0.1) is 22.4 Å². The quantitative estimate of drug-likeness (QED) is 0.848. The zero-order valence-electron chi connectivity index (χ0n) is 11.2. The lowest BCUT2D eigenvalue weighted by molar-refractivity contribution is 0.483. The van der Waals surface area contributed by atoms with Gasteiger partial charge in [-0.15, -0.1) is 0 Å². The van der Waals surface area contributed by atoms with Crippen molar-refractivity contribution in [2.24, 2.45) is 0 Å². The van der Waals surface area contributed by atoms with Gasteiger partial charge in [-0.1, -0.05) is 34.1 Å². The summed E-state index contributed by atoms with van der Waals surface area (Å²) in [6.45, 7) is 4.27. The summed E-state index contributed by atoms with van der Waals surface area (Å²) in [5, 5.41) is 7.83. The highest BCUT2D eigenvalue weighted by Crippen LogP contribution is 2.33. The maximum absolute atomic E-state index is 4.45. The number of hydrogen-bond donors (Lipinski definition) is 1. The lowest BCUT2D eigenvalue weighted by Gasteiger charge is -2.22. The summed E-state index contributed by atoms with van der Waals surface area (Å²) in [7, 11) is 1.97. The van der Waals surface area contributed by atoms with Crippen LogP contribution in [-0.2, 0) is 0 Å². The molecule has 1 aromatic carbocycles. The summed E-state index contributed by atoms with van der Waals surface area (Å²) in [5.74, 6) is 0. The van der Waals surface area contributed by atoms with E-state index in [2.05, 4.69) is 74.3 Å². The fourth-order valence-corrected chi connectivity index (χ4v) is 3.20. The first-order valence-electron chi connectivity index (χ1n) is 6.20. The topological polar surface area (TPSA) is 29.9 Å². The van der Waals surface area contributed by atoms with Gasteiger partial charge in [0, 0.05) is 10.5 Å². The number of hydrogen-bond acceptors (Lipinski definition) is 2. The third-order valence-electron chi connectivity index (χ3n) is 3.05. The second-order valence-electron chi connectivity index (χ2n) is 4.66. The fourth-order valence-electron chi connectivity index (χ4n) is 2.18. The van der Waals surface area contributed by atoms with Crippen molar-refractivity contribution >= 4 is 31.9 Å². The molecule has 0 radical (unpaired) electrons. The van der Waals surface area contributed by atoms with E-state index in [1.54, 1.807) is 0 Å². The molecule has 0 saturated heterocycles. The second kappa shape index (κ2) is 6.20. The van der Waals surface area contributed by atoms with E-state index in [-0.39, 0.29) is 6.04 Å². The Hall–Kier alpha value is -0.650. The maximum atomic E-state index is 4.45. The van der Waals surface area contributed by atoms with Gasteiger partial charge in [-0.25, -0.2) is 0 Å². The molecule has 5 heteroatoms. The Morgan fingerprint density at radius 3 is 2.42 bits per heavy atom. The van der Waals surface area contributed by atoms with Gasteiger partial charge in [-0.05, 0) is 48.5 Å². The van der Waals surface area contributed by atoms with Gasteiger partial charge in [0.2, 0.25) is 0 Å². The van der Waals surface area contributed by atoms with Gasteiger partial charge in [0.1, 0.15) is 0 Å². The van der Waals surface area contributed by atoms with Crippen LogP contribution in [0.5, 0.6) is 0 Å². The summed E-state index contributed by atoms with van der Waals surface area (Å²) in [4.78, 5) is 0. The molecule has 102 valence electrons. The molecule has 1 unspecified atom stereocenters. The van der Waals surface area contributed by atoms with Crippen LogP contribution < -0.4 is 5.32 Å². The van der Waals surface area contributed by atoms with Crippen LogP contribution >= 0.6 is 31.9 Å². The van der Waals surface area contributed by atoms with Gasteiger partial charge in [0.15, 0.2) is 0 Å². The van der Waals surface area contributed by atoms with E-state index in [0.717, 1.165) is 14.6 Å². The molecule has 0 aliphatic carbocycles. The van der Waals surface area contributed by atoms with E-state index < -0.39 is 0 Å². The Balaban J connectivity index is 2.55. The normalized spacial score (nSPS) is 12.9. The smallest absolute Gasteiger partial charge is 0.0768 e. The van der Waals surface area contributed by atoms with Crippen LogP contribution in [0.3, 0.4) is 0 Å². The Kier molecular flexibility index (Phi) is 4.81. The summed E-state index contributed by atoms with van der Waals surface area (Å²) < 4.78 is 4.17. The minimum absolute atomic E-state index is 0.0925. The van der Waals surface area contributed by atoms with Gasteiger partial charge in [-0.3, -0.25) is 4.68 Å². The fraction of sp³-hybridized carbons (Fsp3) is 0.357. The Bertz CT molecular complexity index is 564. The van der Waals surface area contributed by atoms with Crippen LogP contribution in [0.4, 0.5) is 0 Å². The van der Waals surface area contributed by atoms with E-state index in [1.165, 1.54) is 5.56 Å². The molecule has 2 rings (SSSR count). The predicted octanol–water partition coefficient (Wildman–Crippen LogP) is 4.30. The van der Waals surface area contributed by atoms with Crippen LogP contribution in [0.15, 0.2) is 39.4 Å². The molecule has 0 fully saturated rings. The third kappa shape index (κ3) is 2.93. The lowest BCUT2D eigenvalue weighted by Crippen LogP contribution is -2.23. The average Bonchev–Trinajstić information content (AvgIpc) is 2.75. The van der Waals surface area contributed by atoms with Crippen LogP contribution in [0.1, 0.15) is 37.2 Å². The van der Waals surface area contributed by atoms with Crippen LogP contribution in [0, 0.1) is 0 Å². The molecule has 0 bridgehead atoms. The summed E-state index contributed by atoms with van der Waals surface area (Å²) >= 11 is 7.23. The van der Waals surface area contributed by atoms with E-state index in [0.29, 0.717) is 6.04 Å². The molecular formula is C14H17Br2N3. The van der Waals surface area contributed by atoms with Crippen molar-refractivity contribution in [3.8, 4) is 0 Å². The molecule has 3 nitrogen and oxygen atoms in total. The van der Waals surface area contributed by atoms with E-state index >= 15 is 0 Å². The first-order valence-corrected chi connectivity index (χ1v) is 7.79. The zero-order valence-corrected chi connectivity index (χ0v) is 14.4. The summed E-state index contributed by atoms with van der Waals surface area (Å²) in [6, 6.07) is 8.66. The third-order valence-corrected chi connectivity index (χ3v) is 4.39. The zero-order chi connectivity index (χ0) is 14.0. The van der Waals surface area contributed by atoms with Gasteiger partial charge >= 0.3 is 0 Å². The molecule has 1 aromatic heterocycles. The van der Waals surface area contributed by atoms with Gasteiger partial charge in [-0.2, -0.15) is 5.10 Å². The van der Waals surface area contributed by atoms with E-state index in [1.807, 2.05) is 24.0 Å².